The highest BCUT2D eigenvalue weighted by atomic mass is 35.5. The average molecular weight is 726 g/mol. The minimum Gasteiger partial charge on any atom is -0.491 e. The van der Waals surface area contributed by atoms with Crippen molar-refractivity contribution in [1.29, 1.82) is 0 Å². The molecule has 1 aliphatic carbocycles. The Hall–Kier alpha value is -4.10. The minimum absolute atomic E-state index is 0.0867. The first-order valence-corrected chi connectivity index (χ1v) is 17.9. The summed E-state index contributed by atoms with van der Waals surface area (Å²) < 4.78 is 47.3. The standard InChI is InChI=1S/C40H47ClF3N3O4/c1-7-9-10-29(23-40(42,43)44)19-24(3)11-12-28-13-15-35-34(21-28)38(48)47(27(6)46-35)17-18-51-36-16-14-30(41)22-33(36)32-20-25(4)45-37(26(32)5)31(8-2)39(49)50/h8,14,16,20,22,24,28-29H,10-13,15,17-19,21,23H2,1-6H3,(H,49,50)/b31-8+/t24-,28-,29-/m1/s1. The Balaban J connectivity index is 1.47. The first kappa shape index (κ1) is 39.7. The molecule has 7 nitrogen and oxygen atoms in total. The van der Waals surface area contributed by atoms with Crippen LogP contribution in [-0.4, -0.2) is 38.4 Å². The molecule has 0 bridgehead atoms. The molecule has 0 saturated heterocycles. The second-order valence-electron chi connectivity index (χ2n) is 13.7. The van der Waals surface area contributed by atoms with E-state index in [0.29, 0.717) is 63.9 Å². The number of aryl methyl sites for hydroxylation is 3. The van der Waals surface area contributed by atoms with Crippen LogP contribution in [0.2, 0.25) is 5.02 Å². The molecule has 0 radical (unpaired) electrons. The number of carbonyl (C=O) groups is 1. The van der Waals surface area contributed by atoms with Crippen LogP contribution in [0.15, 0.2) is 35.1 Å². The van der Waals surface area contributed by atoms with Crippen molar-refractivity contribution in [3.8, 4) is 28.7 Å². The lowest BCUT2D eigenvalue weighted by molar-refractivity contribution is -0.145. The lowest BCUT2D eigenvalue weighted by atomic mass is 9.81. The number of benzene rings is 1. The van der Waals surface area contributed by atoms with Gasteiger partial charge in [0.15, 0.2) is 0 Å². The summed E-state index contributed by atoms with van der Waals surface area (Å²) >= 11 is 6.42. The van der Waals surface area contributed by atoms with E-state index in [2.05, 4.69) is 16.8 Å². The summed E-state index contributed by atoms with van der Waals surface area (Å²) in [6.07, 6.45) is 1.04. The number of allylic oxidation sites excluding steroid dienone is 1. The van der Waals surface area contributed by atoms with Gasteiger partial charge in [-0.2, -0.15) is 13.2 Å². The molecule has 4 rings (SSSR count). The highest BCUT2D eigenvalue weighted by Crippen LogP contribution is 2.38. The summed E-state index contributed by atoms with van der Waals surface area (Å²) in [5, 5.41) is 10.3. The van der Waals surface area contributed by atoms with Crippen LogP contribution in [0, 0.1) is 50.4 Å². The molecule has 0 unspecified atom stereocenters. The predicted molar refractivity (Wildman–Crippen MR) is 195 cm³/mol. The number of ether oxygens (including phenoxy) is 1. The Morgan fingerprint density at radius 3 is 2.61 bits per heavy atom. The number of carboxylic acid groups (broad SMARTS) is 1. The fraction of sp³-hybridized carbons (Fsp3) is 0.500. The molecule has 1 aliphatic rings. The van der Waals surface area contributed by atoms with E-state index in [1.54, 1.807) is 43.5 Å². The zero-order valence-corrected chi connectivity index (χ0v) is 31.0. The van der Waals surface area contributed by atoms with Crippen LogP contribution < -0.4 is 10.3 Å². The SMILES string of the molecule is CC#CC[C@H](C[C@H](C)CC[C@@H]1CCc2nc(C)n(CCOc3ccc(Cl)cc3-c3cc(C)nc(/C(=C\C)C(=O)O)c3C)c(=O)c2C1)CC(F)(F)F. The minimum atomic E-state index is -4.21. The third-order valence-electron chi connectivity index (χ3n) is 9.69. The van der Waals surface area contributed by atoms with Gasteiger partial charge < -0.3 is 9.84 Å². The molecule has 2 heterocycles. The number of aromatic nitrogens is 3. The Morgan fingerprint density at radius 2 is 1.94 bits per heavy atom. The fourth-order valence-electron chi connectivity index (χ4n) is 7.16. The fourth-order valence-corrected chi connectivity index (χ4v) is 7.33. The van der Waals surface area contributed by atoms with Crippen LogP contribution in [0.25, 0.3) is 16.7 Å². The second-order valence-corrected chi connectivity index (χ2v) is 14.1. The Labute approximate surface area is 303 Å². The molecule has 274 valence electrons. The van der Waals surface area contributed by atoms with Gasteiger partial charge in [0.05, 0.1) is 23.5 Å². The van der Waals surface area contributed by atoms with Gasteiger partial charge in [-0.1, -0.05) is 31.0 Å². The summed E-state index contributed by atoms with van der Waals surface area (Å²) in [6.45, 7) is 11.2. The van der Waals surface area contributed by atoms with Crippen molar-refractivity contribution in [3.05, 3.63) is 79.8 Å². The number of hydrogen-bond acceptors (Lipinski definition) is 5. The molecule has 0 spiro atoms. The third kappa shape index (κ3) is 10.5. The maximum Gasteiger partial charge on any atom is 0.389 e. The summed E-state index contributed by atoms with van der Waals surface area (Å²) in [6, 6.07) is 7.12. The van der Waals surface area contributed by atoms with Crippen LogP contribution in [0.1, 0.15) is 93.3 Å². The highest BCUT2D eigenvalue weighted by Gasteiger charge is 2.32. The first-order chi connectivity index (χ1) is 24.1. The monoisotopic (exact) mass is 725 g/mol. The van der Waals surface area contributed by atoms with Gasteiger partial charge in [0.1, 0.15) is 18.2 Å². The smallest absolute Gasteiger partial charge is 0.389 e. The van der Waals surface area contributed by atoms with E-state index in [0.717, 1.165) is 30.5 Å². The van der Waals surface area contributed by atoms with Crippen LogP contribution in [0.5, 0.6) is 5.75 Å². The maximum absolute atomic E-state index is 13.8. The van der Waals surface area contributed by atoms with E-state index in [1.165, 1.54) is 6.08 Å². The Morgan fingerprint density at radius 1 is 1.20 bits per heavy atom. The maximum atomic E-state index is 13.8. The van der Waals surface area contributed by atoms with E-state index in [4.69, 9.17) is 21.3 Å². The normalized spacial score (nSPS) is 15.8. The number of aliphatic carboxylic acids is 1. The largest absolute Gasteiger partial charge is 0.491 e. The molecule has 2 aromatic heterocycles. The van der Waals surface area contributed by atoms with E-state index >= 15 is 0 Å². The van der Waals surface area contributed by atoms with Crippen molar-refractivity contribution in [2.45, 2.75) is 106 Å². The Kier molecular flexibility index (Phi) is 13.5. The van der Waals surface area contributed by atoms with Crippen molar-refractivity contribution < 1.29 is 27.8 Å². The molecule has 3 atom stereocenters. The number of fused-ring (bicyclic) bond motifs is 1. The Bertz CT molecular complexity index is 1890. The number of nitrogens with zero attached hydrogens (tertiary/aromatic N) is 3. The summed E-state index contributed by atoms with van der Waals surface area (Å²) in [4.78, 5) is 35.0. The van der Waals surface area contributed by atoms with Gasteiger partial charge in [-0.3, -0.25) is 14.3 Å². The van der Waals surface area contributed by atoms with Gasteiger partial charge in [-0.25, -0.2) is 9.78 Å². The molecular formula is C40H47ClF3N3O4. The number of hydrogen-bond donors (Lipinski definition) is 1. The number of rotatable bonds is 14. The van der Waals surface area contributed by atoms with Gasteiger partial charge in [-0.15, -0.1) is 11.8 Å². The van der Waals surface area contributed by atoms with E-state index in [-0.39, 0.29) is 42.5 Å². The second kappa shape index (κ2) is 17.4. The molecule has 3 aromatic rings. The van der Waals surface area contributed by atoms with Crippen molar-refractivity contribution in [1.82, 2.24) is 14.5 Å². The van der Waals surface area contributed by atoms with Gasteiger partial charge in [-0.05, 0) is 120 Å². The summed E-state index contributed by atoms with van der Waals surface area (Å²) in [5.74, 6) is 5.49. The number of halogens is 4. The number of carboxylic acids is 1. The lowest BCUT2D eigenvalue weighted by Gasteiger charge is -2.27. The molecular weight excluding hydrogens is 679 g/mol. The summed E-state index contributed by atoms with van der Waals surface area (Å²) in [5.41, 5.74) is 4.64. The van der Waals surface area contributed by atoms with Gasteiger partial charge >= 0.3 is 12.1 Å². The predicted octanol–water partition coefficient (Wildman–Crippen LogP) is 9.34. The number of pyridine rings is 1. The van der Waals surface area contributed by atoms with Crippen molar-refractivity contribution in [3.63, 3.8) is 0 Å². The molecule has 1 N–H and O–H groups in total. The molecule has 11 heteroatoms. The average Bonchev–Trinajstić information content (AvgIpc) is 3.05. The van der Waals surface area contributed by atoms with Gasteiger partial charge in [0, 0.05) is 34.7 Å². The molecule has 0 fully saturated rings. The lowest BCUT2D eigenvalue weighted by Crippen LogP contribution is -2.34. The van der Waals surface area contributed by atoms with Gasteiger partial charge in [0.2, 0.25) is 0 Å². The topological polar surface area (TPSA) is 94.3 Å². The first-order valence-electron chi connectivity index (χ1n) is 17.5. The van der Waals surface area contributed by atoms with Crippen molar-refractivity contribution >= 4 is 23.1 Å². The zero-order valence-electron chi connectivity index (χ0n) is 30.2. The molecule has 0 amide bonds. The zero-order chi connectivity index (χ0) is 37.5. The van der Waals surface area contributed by atoms with Crippen LogP contribution in [-0.2, 0) is 24.2 Å². The molecule has 1 aromatic carbocycles. The highest BCUT2D eigenvalue weighted by molar-refractivity contribution is 6.31. The quantitative estimate of drug-likeness (QED) is 0.132. The van der Waals surface area contributed by atoms with Crippen molar-refractivity contribution in [2.24, 2.45) is 17.8 Å². The molecule has 51 heavy (non-hydrogen) atoms. The molecule has 0 aliphatic heterocycles. The molecule has 0 saturated carbocycles. The van der Waals surface area contributed by atoms with E-state index in [9.17, 15) is 27.9 Å². The van der Waals surface area contributed by atoms with E-state index < -0.39 is 24.5 Å². The van der Waals surface area contributed by atoms with Crippen LogP contribution in [0.4, 0.5) is 13.2 Å². The summed E-state index contributed by atoms with van der Waals surface area (Å²) in [7, 11) is 0. The van der Waals surface area contributed by atoms with Crippen LogP contribution >= 0.6 is 11.6 Å². The van der Waals surface area contributed by atoms with Gasteiger partial charge in [0.25, 0.3) is 5.56 Å². The van der Waals surface area contributed by atoms with Crippen molar-refractivity contribution in [2.75, 3.05) is 6.61 Å². The van der Waals surface area contributed by atoms with E-state index in [1.807, 2.05) is 26.8 Å². The number of alkyl halides is 3. The van der Waals surface area contributed by atoms with Crippen LogP contribution in [0.3, 0.4) is 0 Å². The third-order valence-corrected chi connectivity index (χ3v) is 9.93.